The van der Waals surface area contributed by atoms with Crippen molar-refractivity contribution in [2.24, 2.45) is 11.7 Å². The molecule has 0 amide bonds. The first kappa shape index (κ1) is 22.0. The Labute approximate surface area is 184 Å². The van der Waals surface area contributed by atoms with Crippen LogP contribution in [-0.2, 0) is 9.31 Å². The molecule has 0 saturated carbocycles. The van der Waals surface area contributed by atoms with Crippen molar-refractivity contribution < 1.29 is 9.31 Å². The van der Waals surface area contributed by atoms with Gasteiger partial charge in [-0.25, -0.2) is 0 Å². The molecule has 0 aromatic carbocycles. The molecular weight excluding hydrogens is 371 g/mol. The summed E-state index contributed by atoms with van der Waals surface area (Å²) in [6.45, 7) is 9.66. The molecule has 1 saturated heterocycles. The van der Waals surface area contributed by atoms with Crippen molar-refractivity contribution >= 4 is 7.12 Å². The van der Waals surface area contributed by atoms with Crippen LogP contribution in [0, 0.1) is 5.92 Å². The lowest BCUT2D eigenvalue weighted by Gasteiger charge is -2.41. The van der Waals surface area contributed by atoms with E-state index < -0.39 is 0 Å². The quantitative estimate of drug-likeness (QED) is 0.474. The Morgan fingerprint density at radius 2 is 1.73 bits per heavy atom. The Morgan fingerprint density at radius 1 is 1.00 bits per heavy atom. The lowest BCUT2D eigenvalue weighted by atomic mass is 9.66. The summed E-state index contributed by atoms with van der Waals surface area (Å²) in [4.78, 5) is 2.70. The predicted octanol–water partition coefficient (Wildman–Crippen LogP) is 5.57. The average Bonchev–Trinajstić information content (AvgIpc) is 2.95. The Bertz CT molecular complexity index is 696. The highest BCUT2D eigenvalue weighted by Crippen LogP contribution is 2.43. The van der Waals surface area contributed by atoms with Crippen LogP contribution in [0.25, 0.3) is 0 Å². The summed E-state index contributed by atoms with van der Waals surface area (Å²) in [6.07, 6.45) is 20.2. The predicted molar refractivity (Wildman–Crippen MR) is 125 cm³/mol. The van der Waals surface area contributed by atoms with E-state index in [1.165, 1.54) is 37.8 Å². The first-order chi connectivity index (χ1) is 14.3. The normalized spacial score (nSPS) is 33.2. The third-order valence-corrected chi connectivity index (χ3v) is 8.06. The second kappa shape index (κ2) is 8.74. The van der Waals surface area contributed by atoms with Gasteiger partial charge in [-0.1, -0.05) is 24.3 Å². The zero-order valence-electron chi connectivity index (χ0n) is 19.5. The van der Waals surface area contributed by atoms with Crippen LogP contribution in [0.15, 0.2) is 35.7 Å². The van der Waals surface area contributed by atoms with Crippen molar-refractivity contribution in [1.29, 1.82) is 0 Å². The van der Waals surface area contributed by atoms with E-state index in [-0.39, 0.29) is 18.3 Å². The van der Waals surface area contributed by atoms with Crippen LogP contribution in [-0.4, -0.2) is 35.8 Å². The fourth-order valence-electron chi connectivity index (χ4n) is 5.38. The van der Waals surface area contributed by atoms with Gasteiger partial charge < -0.3 is 19.9 Å². The van der Waals surface area contributed by atoms with Gasteiger partial charge in [0.1, 0.15) is 0 Å². The minimum Gasteiger partial charge on any atom is -0.403 e. The molecule has 3 aliphatic carbocycles. The molecule has 0 unspecified atom stereocenters. The molecule has 0 aromatic rings. The summed E-state index contributed by atoms with van der Waals surface area (Å²) in [5, 5.41) is 0. The standard InChI is InChI=1S/C25H41BN2O2/c1-24(2)25(3,4)30-26(29-24)20-16-14-19(15-17-20)18-28(21-10-6-5-7-11-21)23-13-9-8-12-22(23)27/h5-6,14,16,19-21H,7-13,15,17-18,27H2,1-4H3/t19-,20+,21-/m1/s1. The van der Waals surface area contributed by atoms with Gasteiger partial charge in [0, 0.05) is 29.8 Å². The number of nitrogens with two attached hydrogens (primary N) is 1. The van der Waals surface area contributed by atoms with E-state index in [0.29, 0.717) is 17.8 Å². The molecule has 3 atom stereocenters. The van der Waals surface area contributed by atoms with E-state index >= 15 is 0 Å². The lowest BCUT2D eigenvalue weighted by molar-refractivity contribution is 0.00578. The zero-order valence-corrected chi connectivity index (χ0v) is 19.5. The van der Waals surface area contributed by atoms with Gasteiger partial charge in [-0.2, -0.15) is 0 Å². The van der Waals surface area contributed by atoms with Gasteiger partial charge in [0.25, 0.3) is 0 Å². The number of allylic oxidation sites excluding steroid dienone is 4. The number of hydrogen-bond acceptors (Lipinski definition) is 4. The number of rotatable bonds is 5. The maximum Gasteiger partial charge on any atom is 0.465 e. The van der Waals surface area contributed by atoms with Crippen molar-refractivity contribution in [3.8, 4) is 0 Å². The van der Waals surface area contributed by atoms with Gasteiger partial charge in [0.2, 0.25) is 0 Å². The van der Waals surface area contributed by atoms with Crippen LogP contribution in [0.3, 0.4) is 0 Å². The molecule has 0 radical (unpaired) electrons. The summed E-state index contributed by atoms with van der Waals surface area (Å²) in [5.74, 6) is 0.934. The van der Waals surface area contributed by atoms with Crippen LogP contribution in [0.2, 0.25) is 5.82 Å². The van der Waals surface area contributed by atoms with Crippen molar-refractivity contribution in [3.05, 3.63) is 35.7 Å². The molecule has 4 aliphatic rings. The summed E-state index contributed by atoms with van der Waals surface area (Å²) < 4.78 is 12.6. The van der Waals surface area contributed by atoms with Gasteiger partial charge >= 0.3 is 7.12 Å². The van der Waals surface area contributed by atoms with Crippen molar-refractivity contribution in [2.75, 3.05) is 6.54 Å². The van der Waals surface area contributed by atoms with Gasteiger partial charge in [-0.3, -0.25) is 0 Å². The number of hydrogen-bond donors (Lipinski definition) is 1. The molecule has 30 heavy (non-hydrogen) atoms. The average molecular weight is 412 g/mol. The van der Waals surface area contributed by atoms with E-state index in [1.807, 2.05) is 0 Å². The third kappa shape index (κ3) is 4.53. The van der Waals surface area contributed by atoms with Crippen LogP contribution in [0.5, 0.6) is 0 Å². The van der Waals surface area contributed by atoms with E-state index in [4.69, 9.17) is 15.0 Å². The Balaban J connectivity index is 1.43. The van der Waals surface area contributed by atoms with Crippen molar-refractivity contribution in [1.82, 2.24) is 4.90 Å². The minimum absolute atomic E-state index is 0.122. The molecule has 5 heteroatoms. The first-order valence-corrected chi connectivity index (χ1v) is 12.2. The van der Waals surface area contributed by atoms with Crippen LogP contribution in [0.4, 0.5) is 0 Å². The molecule has 4 nitrogen and oxygen atoms in total. The Hall–Kier alpha value is -1.20. The Morgan fingerprint density at radius 3 is 2.33 bits per heavy atom. The minimum atomic E-state index is -0.251. The zero-order chi connectivity index (χ0) is 21.4. The highest BCUT2D eigenvalue weighted by atomic mass is 16.7. The SMILES string of the molecule is CC1(C)OB([C@H]2C=C[C@@H](CN(C3=C(N)CCCC3)[C@@H]3CC=CCC3)CC2)OC1(C)C. The molecule has 4 rings (SSSR count). The van der Waals surface area contributed by atoms with Crippen molar-refractivity contribution in [3.63, 3.8) is 0 Å². The van der Waals surface area contributed by atoms with Crippen LogP contribution in [0.1, 0.15) is 85.5 Å². The van der Waals surface area contributed by atoms with Gasteiger partial charge in [-0.05, 0) is 91.4 Å². The molecule has 1 aliphatic heterocycles. The second-order valence-electron chi connectivity index (χ2n) is 10.8. The van der Waals surface area contributed by atoms with Crippen LogP contribution < -0.4 is 5.73 Å². The maximum absolute atomic E-state index is 6.52. The molecule has 166 valence electrons. The molecule has 1 heterocycles. The summed E-state index contributed by atoms with van der Waals surface area (Å²) >= 11 is 0. The molecule has 1 fully saturated rings. The third-order valence-electron chi connectivity index (χ3n) is 8.06. The first-order valence-electron chi connectivity index (χ1n) is 12.2. The van der Waals surface area contributed by atoms with Crippen molar-refractivity contribution in [2.45, 2.75) is 109 Å². The van der Waals surface area contributed by atoms with Gasteiger partial charge in [-0.15, -0.1) is 0 Å². The fourth-order valence-corrected chi connectivity index (χ4v) is 5.38. The second-order valence-corrected chi connectivity index (χ2v) is 10.8. The molecule has 0 spiro atoms. The highest BCUT2D eigenvalue weighted by Gasteiger charge is 2.53. The van der Waals surface area contributed by atoms with Crippen LogP contribution >= 0.6 is 0 Å². The molecule has 2 N–H and O–H groups in total. The lowest BCUT2D eigenvalue weighted by Crippen LogP contribution is -2.41. The van der Waals surface area contributed by atoms with Gasteiger partial charge in [0.15, 0.2) is 0 Å². The van der Waals surface area contributed by atoms with E-state index in [2.05, 4.69) is 56.9 Å². The molecule has 0 bridgehead atoms. The largest absolute Gasteiger partial charge is 0.465 e. The van der Waals surface area contributed by atoms with Gasteiger partial charge in [0.05, 0.1) is 11.2 Å². The number of nitrogens with zero attached hydrogens (tertiary/aromatic N) is 1. The van der Waals surface area contributed by atoms with E-state index in [0.717, 1.165) is 37.9 Å². The van der Waals surface area contributed by atoms with E-state index in [1.54, 1.807) is 0 Å². The monoisotopic (exact) mass is 412 g/mol. The smallest absolute Gasteiger partial charge is 0.403 e. The topological polar surface area (TPSA) is 47.7 Å². The summed E-state index contributed by atoms with van der Waals surface area (Å²) in [5.41, 5.74) is 8.60. The summed E-state index contributed by atoms with van der Waals surface area (Å²) in [6, 6.07) is 0.607. The Kier molecular flexibility index (Phi) is 6.42. The summed E-state index contributed by atoms with van der Waals surface area (Å²) in [7, 11) is -0.122. The molecular formula is C25H41BN2O2. The fraction of sp³-hybridized carbons (Fsp3) is 0.760. The maximum atomic E-state index is 6.52. The highest BCUT2D eigenvalue weighted by molar-refractivity contribution is 6.48. The molecule has 0 aromatic heterocycles. The van der Waals surface area contributed by atoms with E-state index in [9.17, 15) is 0 Å².